The Bertz CT molecular complexity index is 820. The molecule has 1 aliphatic rings. The van der Waals surface area contributed by atoms with Crippen LogP contribution in [0.25, 0.3) is 0 Å². The fourth-order valence-electron chi connectivity index (χ4n) is 3.36. The molecular formula is C22H26N2O4. The van der Waals surface area contributed by atoms with Crippen molar-refractivity contribution in [1.29, 1.82) is 0 Å². The van der Waals surface area contributed by atoms with Crippen molar-refractivity contribution in [3.8, 4) is 11.5 Å². The molecular weight excluding hydrogens is 356 g/mol. The predicted molar refractivity (Wildman–Crippen MR) is 107 cm³/mol. The van der Waals surface area contributed by atoms with Crippen molar-refractivity contribution in [3.63, 3.8) is 0 Å². The van der Waals surface area contributed by atoms with Crippen LogP contribution in [-0.4, -0.2) is 42.5 Å². The first kappa shape index (κ1) is 19.7. The lowest BCUT2D eigenvalue weighted by atomic mass is 10.1. The van der Waals surface area contributed by atoms with Crippen molar-refractivity contribution < 1.29 is 19.1 Å². The topological polar surface area (TPSA) is 81.9 Å². The summed E-state index contributed by atoms with van der Waals surface area (Å²) in [6.07, 6.45) is 1.73. The number of ether oxygens (including phenoxy) is 2. The molecule has 0 bridgehead atoms. The summed E-state index contributed by atoms with van der Waals surface area (Å²) in [4.78, 5) is 25.3. The molecule has 3 rings (SSSR count). The number of likely N-dealkylation sites (tertiary alicyclic amines) is 1. The number of nitrogens with two attached hydrogens (primary N) is 1. The molecule has 0 unspecified atom stereocenters. The van der Waals surface area contributed by atoms with E-state index < -0.39 is 5.91 Å². The van der Waals surface area contributed by atoms with Crippen LogP contribution in [0.5, 0.6) is 11.5 Å². The smallest absolute Gasteiger partial charge is 0.255 e. The van der Waals surface area contributed by atoms with E-state index in [1.165, 1.54) is 0 Å². The van der Waals surface area contributed by atoms with Gasteiger partial charge in [-0.2, -0.15) is 0 Å². The second kappa shape index (κ2) is 8.78. The van der Waals surface area contributed by atoms with Gasteiger partial charge < -0.3 is 20.1 Å². The van der Waals surface area contributed by atoms with Crippen LogP contribution in [0.15, 0.2) is 42.5 Å². The van der Waals surface area contributed by atoms with Gasteiger partial charge in [0.05, 0.1) is 0 Å². The Morgan fingerprint density at radius 2 is 1.64 bits per heavy atom. The molecule has 28 heavy (non-hydrogen) atoms. The normalized spacial score (nSPS) is 14.6. The van der Waals surface area contributed by atoms with Crippen molar-refractivity contribution in [2.75, 3.05) is 19.7 Å². The minimum absolute atomic E-state index is 0.00743. The van der Waals surface area contributed by atoms with E-state index in [0.717, 1.165) is 29.7 Å². The SMILES string of the molecule is Cc1cccc(C)c1OC1CCN(C(=O)c2ccc(OCC(N)=O)cc2)CC1. The van der Waals surface area contributed by atoms with E-state index in [1.54, 1.807) is 24.3 Å². The summed E-state index contributed by atoms with van der Waals surface area (Å²) in [7, 11) is 0. The first-order valence-corrected chi connectivity index (χ1v) is 9.47. The van der Waals surface area contributed by atoms with E-state index in [-0.39, 0.29) is 18.6 Å². The van der Waals surface area contributed by atoms with Crippen molar-refractivity contribution in [3.05, 3.63) is 59.2 Å². The van der Waals surface area contributed by atoms with E-state index in [9.17, 15) is 9.59 Å². The molecule has 2 N–H and O–H groups in total. The van der Waals surface area contributed by atoms with E-state index >= 15 is 0 Å². The maximum Gasteiger partial charge on any atom is 0.255 e. The van der Waals surface area contributed by atoms with Crippen molar-refractivity contribution in [2.24, 2.45) is 5.73 Å². The molecule has 2 aromatic rings. The van der Waals surface area contributed by atoms with Gasteiger partial charge >= 0.3 is 0 Å². The van der Waals surface area contributed by atoms with E-state index in [4.69, 9.17) is 15.2 Å². The molecule has 0 saturated carbocycles. The number of carbonyl (C=O) groups is 2. The lowest BCUT2D eigenvalue weighted by Crippen LogP contribution is -2.41. The molecule has 0 aliphatic carbocycles. The summed E-state index contributed by atoms with van der Waals surface area (Å²) in [6, 6.07) is 12.9. The van der Waals surface area contributed by atoms with Crippen LogP contribution >= 0.6 is 0 Å². The minimum atomic E-state index is -0.536. The third kappa shape index (κ3) is 4.82. The van der Waals surface area contributed by atoms with Crippen LogP contribution in [0, 0.1) is 13.8 Å². The summed E-state index contributed by atoms with van der Waals surface area (Å²) < 4.78 is 11.4. The molecule has 2 amide bonds. The molecule has 2 aromatic carbocycles. The standard InChI is InChI=1S/C22H26N2O4/c1-15-4-3-5-16(2)21(15)28-19-10-12-24(13-11-19)22(26)17-6-8-18(9-7-17)27-14-20(23)25/h3-9,19H,10-14H2,1-2H3,(H2,23,25). The number of amides is 2. The van der Waals surface area contributed by atoms with Crippen LogP contribution in [0.1, 0.15) is 34.3 Å². The second-order valence-electron chi connectivity index (χ2n) is 7.11. The van der Waals surface area contributed by atoms with Crippen molar-refractivity contribution in [2.45, 2.75) is 32.8 Å². The van der Waals surface area contributed by atoms with Crippen molar-refractivity contribution in [1.82, 2.24) is 4.90 Å². The van der Waals surface area contributed by atoms with E-state index in [0.29, 0.717) is 24.4 Å². The number of piperidine rings is 1. The second-order valence-corrected chi connectivity index (χ2v) is 7.11. The van der Waals surface area contributed by atoms with Gasteiger partial charge in [0.1, 0.15) is 17.6 Å². The first-order chi connectivity index (χ1) is 13.4. The number of hydrogen-bond acceptors (Lipinski definition) is 4. The van der Waals surface area contributed by atoms with Gasteiger partial charge in [0, 0.05) is 31.5 Å². The lowest BCUT2D eigenvalue weighted by molar-refractivity contribution is -0.119. The highest BCUT2D eigenvalue weighted by molar-refractivity contribution is 5.94. The summed E-state index contributed by atoms with van der Waals surface area (Å²) in [5.41, 5.74) is 7.93. The molecule has 1 heterocycles. The molecule has 0 atom stereocenters. The molecule has 6 nitrogen and oxygen atoms in total. The van der Waals surface area contributed by atoms with Crippen LogP contribution in [0.2, 0.25) is 0 Å². The number of rotatable bonds is 6. The number of benzene rings is 2. The number of primary amides is 1. The van der Waals surface area contributed by atoms with Crippen LogP contribution < -0.4 is 15.2 Å². The van der Waals surface area contributed by atoms with Gasteiger partial charge in [0.2, 0.25) is 0 Å². The van der Waals surface area contributed by atoms with Gasteiger partial charge in [-0.3, -0.25) is 9.59 Å². The van der Waals surface area contributed by atoms with Gasteiger partial charge in [-0.25, -0.2) is 0 Å². The zero-order valence-corrected chi connectivity index (χ0v) is 16.3. The van der Waals surface area contributed by atoms with Gasteiger partial charge in [0.15, 0.2) is 6.61 Å². The monoisotopic (exact) mass is 382 g/mol. The molecule has 0 aromatic heterocycles. The van der Waals surface area contributed by atoms with E-state index in [1.807, 2.05) is 11.0 Å². The maximum absolute atomic E-state index is 12.7. The zero-order chi connectivity index (χ0) is 20.1. The largest absolute Gasteiger partial charge is 0.490 e. The van der Waals surface area contributed by atoms with Crippen LogP contribution in [0.3, 0.4) is 0 Å². The fraction of sp³-hybridized carbons (Fsp3) is 0.364. The van der Waals surface area contributed by atoms with Gasteiger partial charge in [-0.15, -0.1) is 0 Å². The molecule has 0 spiro atoms. The quantitative estimate of drug-likeness (QED) is 0.833. The molecule has 148 valence electrons. The highest BCUT2D eigenvalue weighted by atomic mass is 16.5. The van der Waals surface area contributed by atoms with Gasteiger partial charge in [-0.05, 0) is 49.2 Å². The van der Waals surface area contributed by atoms with Crippen LogP contribution in [-0.2, 0) is 4.79 Å². The Hall–Kier alpha value is -3.02. The Kier molecular flexibility index (Phi) is 6.19. The number of hydrogen-bond donors (Lipinski definition) is 1. The average Bonchev–Trinajstić information content (AvgIpc) is 2.70. The number of nitrogens with zero attached hydrogens (tertiary/aromatic N) is 1. The zero-order valence-electron chi connectivity index (χ0n) is 16.3. The summed E-state index contributed by atoms with van der Waals surface area (Å²) in [5.74, 6) is 0.924. The maximum atomic E-state index is 12.7. The molecule has 1 aliphatic heterocycles. The lowest BCUT2D eigenvalue weighted by Gasteiger charge is -2.33. The average molecular weight is 382 g/mol. The Morgan fingerprint density at radius 1 is 1.04 bits per heavy atom. The number of aryl methyl sites for hydroxylation is 2. The van der Waals surface area contributed by atoms with Crippen molar-refractivity contribution >= 4 is 11.8 Å². The highest BCUT2D eigenvalue weighted by Crippen LogP contribution is 2.27. The minimum Gasteiger partial charge on any atom is -0.490 e. The van der Waals surface area contributed by atoms with Gasteiger partial charge in [-0.1, -0.05) is 18.2 Å². The Balaban J connectivity index is 1.54. The predicted octanol–water partition coefficient (Wildman–Crippen LogP) is 2.85. The summed E-state index contributed by atoms with van der Waals surface area (Å²) in [6.45, 7) is 5.25. The Labute approximate surface area is 165 Å². The molecule has 6 heteroatoms. The van der Waals surface area contributed by atoms with Gasteiger partial charge in [0.25, 0.3) is 11.8 Å². The molecule has 1 fully saturated rings. The highest BCUT2D eigenvalue weighted by Gasteiger charge is 2.25. The fourth-order valence-corrected chi connectivity index (χ4v) is 3.36. The number of carbonyl (C=O) groups excluding carboxylic acids is 2. The van der Waals surface area contributed by atoms with E-state index in [2.05, 4.69) is 26.0 Å². The Morgan fingerprint density at radius 3 is 2.21 bits per heavy atom. The number of para-hydroxylation sites is 1. The third-order valence-electron chi connectivity index (χ3n) is 4.90. The van der Waals surface area contributed by atoms with Crippen LogP contribution in [0.4, 0.5) is 0 Å². The summed E-state index contributed by atoms with van der Waals surface area (Å²) >= 11 is 0. The molecule has 1 saturated heterocycles. The summed E-state index contributed by atoms with van der Waals surface area (Å²) in [5, 5.41) is 0. The molecule has 0 radical (unpaired) electrons. The third-order valence-corrected chi connectivity index (χ3v) is 4.90. The first-order valence-electron chi connectivity index (χ1n) is 9.47.